The topological polar surface area (TPSA) is 16.4 Å². The summed E-state index contributed by atoms with van der Waals surface area (Å²) in [6, 6.07) is 63.1. The lowest BCUT2D eigenvalue weighted by molar-refractivity contribution is 0.670. The monoisotopic (exact) mass is 643 g/mol. The third kappa shape index (κ3) is 4.55. The van der Waals surface area contributed by atoms with Gasteiger partial charge in [-0.15, -0.1) is 11.3 Å². The van der Waals surface area contributed by atoms with Crippen molar-refractivity contribution < 1.29 is 4.42 Å². The predicted molar refractivity (Wildman–Crippen MR) is 210 cm³/mol. The molecule has 2 heterocycles. The molecule has 10 aromatic rings. The Hall–Kier alpha value is -6.16. The van der Waals surface area contributed by atoms with Gasteiger partial charge in [-0.1, -0.05) is 127 Å². The van der Waals surface area contributed by atoms with E-state index < -0.39 is 0 Å². The van der Waals surface area contributed by atoms with Crippen molar-refractivity contribution in [2.24, 2.45) is 0 Å². The average molecular weight is 644 g/mol. The highest BCUT2D eigenvalue weighted by molar-refractivity contribution is 7.26. The summed E-state index contributed by atoms with van der Waals surface area (Å²) in [6.07, 6.45) is 0. The molecule has 49 heavy (non-hydrogen) atoms. The first-order chi connectivity index (χ1) is 24.3. The van der Waals surface area contributed by atoms with Crippen molar-refractivity contribution in [1.82, 2.24) is 0 Å². The van der Waals surface area contributed by atoms with Gasteiger partial charge in [-0.3, -0.25) is 0 Å². The third-order valence-corrected chi connectivity index (χ3v) is 10.9. The van der Waals surface area contributed by atoms with Gasteiger partial charge in [0.25, 0.3) is 0 Å². The smallest absolute Gasteiger partial charge is 0.143 e. The number of para-hydroxylation sites is 3. The molecule has 0 saturated heterocycles. The van der Waals surface area contributed by atoms with E-state index in [1.54, 1.807) is 0 Å². The lowest BCUT2D eigenvalue weighted by atomic mass is 9.98. The van der Waals surface area contributed by atoms with E-state index in [0.717, 1.165) is 50.1 Å². The maximum atomic E-state index is 6.70. The van der Waals surface area contributed by atoms with Gasteiger partial charge in [0, 0.05) is 53.4 Å². The summed E-state index contributed by atoms with van der Waals surface area (Å²) < 4.78 is 9.34. The normalized spacial score (nSPS) is 11.7. The molecule has 8 aromatic carbocycles. The van der Waals surface area contributed by atoms with Gasteiger partial charge in [0.15, 0.2) is 0 Å². The molecule has 0 radical (unpaired) electrons. The Labute approximate surface area is 287 Å². The van der Waals surface area contributed by atoms with Crippen LogP contribution in [-0.2, 0) is 0 Å². The molecule has 0 fully saturated rings. The molecule has 0 unspecified atom stereocenters. The zero-order chi connectivity index (χ0) is 32.3. The van der Waals surface area contributed by atoms with Crippen LogP contribution in [0.15, 0.2) is 180 Å². The molecule has 3 heteroatoms. The molecule has 2 aromatic heterocycles. The summed E-state index contributed by atoms with van der Waals surface area (Å²) in [5.74, 6) is 0. The van der Waals surface area contributed by atoms with Crippen molar-refractivity contribution in [1.29, 1.82) is 0 Å². The number of nitrogens with zero attached hydrogens (tertiary/aromatic N) is 1. The van der Waals surface area contributed by atoms with Crippen molar-refractivity contribution >= 4 is 81.3 Å². The molecule has 10 rings (SSSR count). The highest BCUT2D eigenvalue weighted by Crippen LogP contribution is 2.45. The lowest BCUT2D eigenvalue weighted by Crippen LogP contribution is -2.11. The van der Waals surface area contributed by atoms with E-state index in [4.69, 9.17) is 4.42 Å². The second-order valence-corrected chi connectivity index (χ2v) is 13.5. The van der Waals surface area contributed by atoms with Crippen LogP contribution in [0.1, 0.15) is 0 Å². The number of anilines is 3. The summed E-state index contributed by atoms with van der Waals surface area (Å²) in [7, 11) is 0. The maximum absolute atomic E-state index is 6.70. The lowest BCUT2D eigenvalue weighted by Gasteiger charge is -2.28. The molecule has 0 bridgehead atoms. The first kappa shape index (κ1) is 27.9. The van der Waals surface area contributed by atoms with Gasteiger partial charge in [0.1, 0.15) is 11.2 Å². The quantitative estimate of drug-likeness (QED) is 0.186. The van der Waals surface area contributed by atoms with Crippen molar-refractivity contribution in [3.05, 3.63) is 176 Å². The molecule has 0 amide bonds. The van der Waals surface area contributed by atoms with E-state index in [2.05, 4.69) is 181 Å². The number of hydrogen-bond donors (Lipinski definition) is 0. The van der Waals surface area contributed by atoms with Gasteiger partial charge >= 0.3 is 0 Å². The molecule has 0 aliphatic rings. The number of benzene rings is 8. The minimum Gasteiger partial charge on any atom is -0.455 e. The fourth-order valence-electron chi connectivity index (χ4n) is 7.36. The van der Waals surface area contributed by atoms with E-state index in [9.17, 15) is 0 Å². The second-order valence-electron chi connectivity index (χ2n) is 12.5. The van der Waals surface area contributed by atoms with Gasteiger partial charge in [-0.05, 0) is 70.4 Å². The van der Waals surface area contributed by atoms with Crippen LogP contribution in [0.2, 0.25) is 0 Å². The number of hydrogen-bond acceptors (Lipinski definition) is 3. The van der Waals surface area contributed by atoms with Crippen LogP contribution in [0, 0.1) is 0 Å². The largest absolute Gasteiger partial charge is 0.455 e. The Morgan fingerprint density at radius 2 is 1.06 bits per heavy atom. The molecule has 2 nitrogen and oxygen atoms in total. The maximum Gasteiger partial charge on any atom is 0.143 e. The Balaban J connectivity index is 1.13. The highest BCUT2D eigenvalue weighted by atomic mass is 32.1. The first-order valence-corrected chi connectivity index (χ1v) is 17.4. The zero-order valence-corrected chi connectivity index (χ0v) is 27.3. The van der Waals surface area contributed by atoms with E-state index in [0.29, 0.717) is 0 Å². The van der Waals surface area contributed by atoms with Crippen LogP contribution in [-0.4, -0.2) is 0 Å². The van der Waals surface area contributed by atoms with E-state index >= 15 is 0 Å². The molecular formula is C46H29NOS. The van der Waals surface area contributed by atoms with Crippen LogP contribution in [0.5, 0.6) is 0 Å². The number of furan rings is 1. The molecule has 0 N–H and O–H groups in total. The number of thiophene rings is 1. The minimum absolute atomic E-state index is 0.903. The van der Waals surface area contributed by atoms with Crippen molar-refractivity contribution in [2.45, 2.75) is 0 Å². The Bertz CT molecular complexity index is 2830. The van der Waals surface area contributed by atoms with Crippen LogP contribution >= 0.6 is 11.3 Å². The molecule has 0 spiro atoms. The van der Waals surface area contributed by atoms with Crippen molar-refractivity contribution in [2.75, 3.05) is 4.90 Å². The third-order valence-electron chi connectivity index (χ3n) is 9.66. The molecule has 0 saturated carbocycles. The Kier molecular flexibility index (Phi) is 6.39. The van der Waals surface area contributed by atoms with E-state index in [-0.39, 0.29) is 0 Å². The average Bonchev–Trinajstić information content (AvgIpc) is 3.73. The standard InChI is InChI=1S/C46H29NOS/c1-2-14-33(15-3-1)47(34-26-24-30(25-27-34)35-18-10-21-40-37-17-7-9-23-44(37)49-46(35)40)42-22-8-6-16-36(42)38-19-11-20-39-41-28-31-12-4-5-13-32(31)29-43(41)48-45(38)39/h1-29H. The molecule has 0 atom stereocenters. The summed E-state index contributed by atoms with van der Waals surface area (Å²) in [5, 5.41) is 7.29. The van der Waals surface area contributed by atoms with Crippen LogP contribution in [0.25, 0.3) is 75.1 Å². The zero-order valence-electron chi connectivity index (χ0n) is 26.5. The van der Waals surface area contributed by atoms with Gasteiger partial charge in [0.2, 0.25) is 0 Å². The van der Waals surface area contributed by atoms with Crippen LogP contribution in [0.3, 0.4) is 0 Å². The van der Waals surface area contributed by atoms with Gasteiger partial charge in [-0.25, -0.2) is 0 Å². The molecule has 0 aliphatic heterocycles. The van der Waals surface area contributed by atoms with Crippen LogP contribution < -0.4 is 4.90 Å². The highest BCUT2D eigenvalue weighted by Gasteiger charge is 2.21. The fourth-order valence-corrected chi connectivity index (χ4v) is 8.60. The van der Waals surface area contributed by atoms with Gasteiger partial charge in [0.05, 0.1) is 5.69 Å². The number of fused-ring (bicyclic) bond motifs is 7. The van der Waals surface area contributed by atoms with Gasteiger partial charge in [-0.2, -0.15) is 0 Å². The van der Waals surface area contributed by atoms with E-state index in [1.165, 1.54) is 42.1 Å². The summed E-state index contributed by atoms with van der Waals surface area (Å²) in [5.41, 5.74) is 9.74. The summed E-state index contributed by atoms with van der Waals surface area (Å²) >= 11 is 1.87. The second kappa shape index (κ2) is 11.2. The predicted octanol–water partition coefficient (Wildman–Crippen LogP) is 13.9. The SMILES string of the molecule is c1ccc(N(c2ccc(-c3cccc4c3sc3ccccc34)cc2)c2ccccc2-c2cccc3c2oc2cc4ccccc4cc23)cc1. The Morgan fingerprint density at radius 3 is 1.92 bits per heavy atom. The first-order valence-electron chi connectivity index (χ1n) is 16.6. The minimum atomic E-state index is 0.903. The molecule has 0 aliphatic carbocycles. The summed E-state index contributed by atoms with van der Waals surface area (Å²) in [4.78, 5) is 2.36. The summed E-state index contributed by atoms with van der Waals surface area (Å²) in [6.45, 7) is 0. The van der Waals surface area contributed by atoms with Gasteiger partial charge < -0.3 is 9.32 Å². The van der Waals surface area contributed by atoms with Crippen molar-refractivity contribution in [3.8, 4) is 22.3 Å². The van der Waals surface area contributed by atoms with Crippen molar-refractivity contribution in [3.63, 3.8) is 0 Å². The number of rotatable bonds is 5. The Morgan fingerprint density at radius 1 is 0.429 bits per heavy atom. The molecule has 230 valence electrons. The fraction of sp³-hybridized carbons (Fsp3) is 0. The van der Waals surface area contributed by atoms with E-state index in [1.807, 2.05) is 11.3 Å². The van der Waals surface area contributed by atoms with Crippen LogP contribution in [0.4, 0.5) is 17.1 Å². The molecular weight excluding hydrogens is 615 g/mol.